The highest BCUT2D eigenvalue weighted by Crippen LogP contribution is 2.17. The van der Waals surface area contributed by atoms with Crippen molar-refractivity contribution in [2.24, 2.45) is 11.8 Å². The van der Waals surface area contributed by atoms with Crippen LogP contribution in [0.3, 0.4) is 0 Å². The Hall–Kier alpha value is -2.08. The summed E-state index contributed by atoms with van der Waals surface area (Å²) >= 11 is 0. The van der Waals surface area contributed by atoms with Crippen molar-refractivity contribution in [2.75, 3.05) is 5.43 Å². The van der Waals surface area contributed by atoms with Gasteiger partial charge in [-0.25, -0.2) is 10.8 Å². The van der Waals surface area contributed by atoms with Crippen molar-refractivity contribution in [1.29, 1.82) is 0 Å². The van der Waals surface area contributed by atoms with Gasteiger partial charge in [-0.05, 0) is 24.5 Å². The van der Waals surface area contributed by atoms with Crippen molar-refractivity contribution < 1.29 is 0 Å². The summed E-state index contributed by atoms with van der Waals surface area (Å²) in [6.45, 7) is 4.23. The Morgan fingerprint density at radius 3 is 2.78 bits per heavy atom. The van der Waals surface area contributed by atoms with Gasteiger partial charge in [0.1, 0.15) is 0 Å². The van der Waals surface area contributed by atoms with E-state index in [1.54, 1.807) is 12.4 Å². The first-order valence-corrected chi connectivity index (χ1v) is 5.81. The van der Waals surface area contributed by atoms with Crippen molar-refractivity contribution in [3.05, 3.63) is 30.2 Å². The summed E-state index contributed by atoms with van der Waals surface area (Å²) in [7, 11) is 0. The second kappa shape index (κ2) is 5.50. The van der Waals surface area contributed by atoms with Gasteiger partial charge in [0.15, 0.2) is 11.6 Å². The molecule has 2 rings (SSSR count). The molecule has 2 heterocycles. The van der Waals surface area contributed by atoms with E-state index in [4.69, 9.17) is 5.84 Å². The molecular weight excluding hydrogens is 228 g/mol. The molecule has 0 saturated carbocycles. The van der Waals surface area contributed by atoms with Gasteiger partial charge in [-0.2, -0.15) is 0 Å². The third kappa shape index (κ3) is 2.78. The Morgan fingerprint density at radius 1 is 1.33 bits per heavy atom. The number of aromatic nitrogens is 4. The van der Waals surface area contributed by atoms with Crippen LogP contribution in [0.25, 0.3) is 11.4 Å². The lowest BCUT2D eigenvalue weighted by atomic mass is 10.1. The summed E-state index contributed by atoms with van der Waals surface area (Å²) in [6.07, 6.45) is 4.22. The predicted molar refractivity (Wildman–Crippen MR) is 69.4 cm³/mol. The highest BCUT2D eigenvalue weighted by atomic mass is 15.3. The molecule has 18 heavy (non-hydrogen) atoms. The number of nitrogens with zero attached hydrogens (tertiary/aromatic N) is 4. The molecule has 0 spiro atoms. The van der Waals surface area contributed by atoms with Crippen LogP contribution < -0.4 is 11.3 Å². The summed E-state index contributed by atoms with van der Waals surface area (Å²) in [6, 6.07) is 3.74. The third-order valence-corrected chi connectivity index (χ3v) is 2.42. The molecule has 0 bridgehead atoms. The Balaban J connectivity index is 2.39. The molecule has 0 amide bonds. The minimum atomic E-state index is 0.468. The van der Waals surface area contributed by atoms with E-state index in [0.717, 1.165) is 17.7 Å². The fourth-order valence-corrected chi connectivity index (χ4v) is 1.62. The predicted octanol–water partition coefficient (Wildman–Crippen LogP) is 1.42. The maximum atomic E-state index is 5.41. The molecule has 0 unspecified atom stereocenters. The molecule has 0 aliphatic rings. The maximum absolute atomic E-state index is 5.41. The number of nitrogens with one attached hydrogen (secondary N) is 1. The highest BCUT2D eigenvalue weighted by molar-refractivity contribution is 5.54. The van der Waals surface area contributed by atoms with E-state index in [9.17, 15) is 0 Å². The van der Waals surface area contributed by atoms with Gasteiger partial charge in [0.05, 0.1) is 5.69 Å². The molecule has 2 aromatic rings. The van der Waals surface area contributed by atoms with Gasteiger partial charge in [-0.1, -0.05) is 13.8 Å². The molecule has 3 N–H and O–H groups in total. The molecule has 94 valence electrons. The lowest BCUT2D eigenvalue weighted by Crippen LogP contribution is -2.15. The van der Waals surface area contributed by atoms with Gasteiger partial charge in [0, 0.05) is 18.0 Å². The van der Waals surface area contributed by atoms with E-state index in [2.05, 4.69) is 39.4 Å². The van der Waals surface area contributed by atoms with E-state index in [0.29, 0.717) is 17.6 Å². The van der Waals surface area contributed by atoms with Crippen LogP contribution in [0.5, 0.6) is 0 Å². The number of nitrogens with two attached hydrogens (primary N) is 1. The van der Waals surface area contributed by atoms with E-state index >= 15 is 0 Å². The molecule has 0 saturated heterocycles. The summed E-state index contributed by atoms with van der Waals surface area (Å²) < 4.78 is 0. The van der Waals surface area contributed by atoms with Gasteiger partial charge >= 0.3 is 0 Å². The van der Waals surface area contributed by atoms with Crippen molar-refractivity contribution in [3.63, 3.8) is 0 Å². The molecule has 0 aliphatic heterocycles. The maximum Gasteiger partial charge on any atom is 0.184 e. The number of hydrogen-bond acceptors (Lipinski definition) is 6. The first-order valence-electron chi connectivity index (χ1n) is 5.81. The Kier molecular flexibility index (Phi) is 3.78. The minimum absolute atomic E-state index is 0.468. The van der Waals surface area contributed by atoms with Crippen molar-refractivity contribution in [1.82, 2.24) is 20.2 Å². The first kappa shape index (κ1) is 12.4. The molecule has 0 fully saturated rings. The van der Waals surface area contributed by atoms with E-state index in [-0.39, 0.29) is 0 Å². The summed E-state index contributed by atoms with van der Waals surface area (Å²) in [5.41, 5.74) is 4.19. The number of anilines is 1. The standard InChI is InChI=1S/C12H16N6/c1-8(2)6-10-12(16-13)18-17-11(15-10)9-4-3-5-14-7-9/h3-5,7-8H,6,13H2,1-2H3,(H,16,18). The minimum Gasteiger partial charge on any atom is -0.305 e. The number of hydrazine groups is 1. The van der Waals surface area contributed by atoms with Crippen molar-refractivity contribution in [3.8, 4) is 11.4 Å². The SMILES string of the molecule is CC(C)Cc1nc(-c2cccnc2)nnc1NN. The quantitative estimate of drug-likeness (QED) is 0.624. The van der Waals surface area contributed by atoms with Crippen LogP contribution in [0.1, 0.15) is 19.5 Å². The molecular formula is C12H16N6. The highest BCUT2D eigenvalue weighted by Gasteiger charge is 2.11. The van der Waals surface area contributed by atoms with Gasteiger partial charge in [-0.3, -0.25) is 4.98 Å². The third-order valence-electron chi connectivity index (χ3n) is 2.42. The summed E-state index contributed by atoms with van der Waals surface area (Å²) in [5.74, 6) is 6.97. The zero-order chi connectivity index (χ0) is 13.0. The van der Waals surface area contributed by atoms with E-state index in [1.807, 2.05) is 12.1 Å². The second-order valence-electron chi connectivity index (χ2n) is 4.41. The average molecular weight is 244 g/mol. The molecule has 6 heteroatoms. The molecule has 2 aromatic heterocycles. The monoisotopic (exact) mass is 244 g/mol. The summed E-state index contributed by atoms with van der Waals surface area (Å²) in [4.78, 5) is 8.54. The molecule has 0 atom stereocenters. The number of pyridine rings is 1. The lowest BCUT2D eigenvalue weighted by Gasteiger charge is -2.09. The van der Waals surface area contributed by atoms with Gasteiger partial charge in [0.2, 0.25) is 0 Å². The fraction of sp³-hybridized carbons (Fsp3) is 0.333. The van der Waals surface area contributed by atoms with Crippen LogP contribution in [0, 0.1) is 5.92 Å². The van der Waals surface area contributed by atoms with E-state index in [1.165, 1.54) is 0 Å². The van der Waals surface area contributed by atoms with Crippen LogP contribution in [0.4, 0.5) is 5.82 Å². The van der Waals surface area contributed by atoms with E-state index < -0.39 is 0 Å². The normalized spacial score (nSPS) is 10.7. The zero-order valence-corrected chi connectivity index (χ0v) is 10.5. The zero-order valence-electron chi connectivity index (χ0n) is 10.5. The first-order chi connectivity index (χ1) is 8.70. The van der Waals surface area contributed by atoms with Crippen LogP contribution in [0.15, 0.2) is 24.5 Å². The van der Waals surface area contributed by atoms with Gasteiger partial charge in [0.25, 0.3) is 0 Å². The molecule has 0 radical (unpaired) electrons. The molecule has 0 aromatic carbocycles. The Labute approximate surface area is 106 Å². The number of rotatable bonds is 4. The lowest BCUT2D eigenvalue weighted by molar-refractivity contribution is 0.631. The van der Waals surface area contributed by atoms with Crippen LogP contribution in [-0.4, -0.2) is 20.2 Å². The van der Waals surface area contributed by atoms with Crippen molar-refractivity contribution >= 4 is 5.82 Å². The largest absolute Gasteiger partial charge is 0.305 e. The smallest absolute Gasteiger partial charge is 0.184 e. The second-order valence-corrected chi connectivity index (χ2v) is 4.41. The van der Waals surface area contributed by atoms with Crippen LogP contribution in [0.2, 0.25) is 0 Å². The van der Waals surface area contributed by atoms with Crippen molar-refractivity contribution in [2.45, 2.75) is 20.3 Å². The van der Waals surface area contributed by atoms with Gasteiger partial charge in [-0.15, -0.1) is 10.2 Å². The topological polar surface area (TPSA) is 89.6 Å². The number of hydrogen-bond donors (Lipinski definition) is 2. The number of nitrogen functional groups attached to an aromatic ring is 1. The molecule has 6 nitrogen and oxygen atoms in total. The average Bonchev–Trinajstić information content (AvgIpc) is 2.39. The Bertz CT molecular complexity index is 511. The summed E-state index contributed by atoms with van der Waals surface area (Å²) in [5, 5.41) is 8.09. The fourth-order valence-electron chi connectivity index (χ4n) is 1.62. The van der Waals surface area contributed by atoms with Gasteiger partial charge < -0.3 is 5.43 Å². The van der Waals surface area contributed by atoms with Crippen LogP contribution in [-0.2, 0) is 6.42 Å². The molecule has 0 aliphatic carbocycles. The Morgan fingerprint density at radius 2 is 2.17 bits per heavy atom. The van der Waals surface area contributed by atoms with Crippen LogP contribution >= 0.6 is 0 Å².